The first-order chi connectivity index (χ1) is 8.07. The van der Waals surface area contributed by atoms with Crippen LogP contribution >= 0.6 is 39.7 Å². The van der Waals surface area contributed by atoms with Crippen molar-refractivity contribution < 1.29 is 8.42 Å². The van der Waals surface area contributed by atoms with Gasteiger partial charge >= 0.3 is 0 Å². The maximum absolute atomic E-state index is 12.4. The Labute approximate surface area is 125 Å². The van der Waals surface area contributed by atoms with Crippen molar-refractivity contribution >= 4 is 49.7 Å². The summed E-state index contributed by atoms with van der Waals surface area (Å²) in [6.07, 6.45) is 0. The summed E-state index contributed by atoms with van der Waals surface area (Å²) in [5, 5.41) is 3.31. The number of sulfonamides is 1. The Morgan fingerprint density at radius 3 is 2.39 bits per heavy atom. The van der Waals surface area contributed by atoms with Crippen LogP contribution in [0.4, 0.5) is 0 Å². The quantitative estimate of drug-likeness (QED) is 0.859. The number of hydrogen-bond donors (Lipinski definition) is 1. The summed E-state index contributed by atoms with van der Waals surface area (Å²) in [5.74, 6) is 0.987. The Morgan fingerprint density at radius 1 is 1.28 bits per heavy atom. The third-order valence-electron chi connectivity index (χ3n) is 3.50. The smallest absolute Gasteiger partial charge is 0.252 e. The van der Waals surface area contributed by atoms with E-state index in [-0.39, 0.29) is 12.4 Å². The molecule has 0 aliphatic carbocycles. The van der Waals surface area contributed by atoms with Gasteiger partial charge in [-0.1, -0.05) is 0 Å². The zero-order valence-corrected chi connectivity index (χ0v) is 13.5. The molecule has 0 saturated carbocycles. The molecule has 0 amide bonds. The summed E-state index contributed by atoms with van der Waals surface area (Å²) < 4.78 is 27.7. The summed E-state index contributed by atoms with van der Waals surface area (Å²) in [5.41, 5.74) is 0. The fourth-order valence-electron chi connectivity index (χ4n) is 2.57. The highest BCUT2D eigenvalue weighted by Crippen LogP contribution is 2.34. The van der Waals surface area contributed by atoms with Gasteiger partial charge in [0, 0.05) is 13.1 Å². The molecule has 0 aromatic carbocycles. The van der Waals surface area contributed by atoms with Crippen molar-refractivity contribution in [1.29, 1.82) is 0 Å². The zero-order valence-electron chi connectivity index (χ0n) is 9.50. The van der Waals surface area contributed by atoms with Crippen LogP contribution in [0.2, 0.25) is 0 Å². The minimum Gasteiger partial charge on any atom is -0.316 e. The van der Waals surface area contributed by atoms with E-state index in [1.807, 2.05) is 0 Å². The lowest BCUT2D eigenvalue weighted by Crippen LogP contribution is -2.31. The van der Waals surface area contributed by atoms with E-state index in [0.717, 1.165) is 16.9 Å². The van der Waals surface area contributed by atoms with Crippen LogP contribution in [0.25, 0.3) is 0 Å². The third-order valence-corrected chi connectivity index (χ3v) is 7.42. The lowest BCUT2D eigenvalue weighted by atomic mass is 10.0. The fraction of sp³-hybridized carbons (Fsp3) is 0.600. The Kier molecular flexibility index (Phi) is 4.40. The van der Waals surface area contributed by atoms with Gasteiger partial charge in [-0.2, -0.15) is 4.31 Å². The van der Waals surface area contributed by atoms with Crippen LogP contribution in [0, 0.1) is 11.8 Å². The number of hydrogen-bond acceptors (Lipinski definition) is 4. The molecule has 1 aromatic rings. The summed E-state index contributed by atoms with van der Waals surface area (Å²) in [4.78, 5) is 0. The van der Waals surface area contributed by atoms with E-state index in [4.69, 9.17) is 0 Å². The molecule has 3 heterocycles. The standard InChI is InChI=1S/C10H13BrN2O2S2.ClH/c11-9-1-2-10(16-9)17(14,15)13-5-7-3-12-4-8(7)6-13;/h1-2,7-8,12H,3-6H2;1H/t7-,8+;. The predicted octanol–water partition coefficient (Wildman–Crippen LogP) is 1.77. The molecule has 1 N–H and O–H groups in total. The molecule has 0 unspecified atom stereocenters. The Morgan fingerprint density at radius 2 is 1.89 bits per heavy atom. The van der Waals surface area contributed by atoms with Gasteiger partial charge in [-0.25, -0.2) is 8.42 Å². The summed E-state index contributed by atoms with van der Waals surface area (Å²) >= 11 is 4.59. The average Bonchev–Trinajstić information content (AvgIpc) is 2.89. The number of nitrogens with one attached hydrogen (secondary N) is 1. The molecule has 8 heteroatoms. The topological polar surface area (TPSA) is 49.4 Å². The highest BCUT2D eigenvalue weighted by atomic mass is 79.9. The monoisotopic (exact) mass is 372 g/mol. The number of thiophene rings is 1. The maximum Gasteiger partial charge on any atom is 0.252 e. The molecule has 2 aliphatic heterocycles. The zero-order chi connectivity index (χ0) is 12.0. The molecule has 102 valence electrons. The second kappa shape index (κ2) is 5.38. The number of nitrogens with zero attached hydrogens (tertiary/aromatic N) is 1. The lowest BCUT2D eigenvalue weighted by Gasteiger charge is -2.15. The SMILES string of the molecule is Cl.O=S(=O)(c1ccc(Br)s1)N1C[C@H]2CNC[C@H]2C1. The highest BCUT2D eigenvalue weighted by molar-refractivity contribution is 9.11. The van der Waals surface area contributed by atoms with Gasteiger partial charge in [-0.05, 0) is 53.0 Å². The van der Waals surface area contributed by atoms with E-state index >= 15 is 0 Å². The van der Waals surface area contributed by atoms with Crippen LogP contribution in [-0.2, 0) is 10.0 Å². The number of fused-ring (bicyclic) bond motifs is 1. The molecule has 2 aliphatic rings. The van der Waals surface area contributed by atoms with Gasteiger partial charge in [0.25, 0.3) is 10.0 Å². The second-order valence-corrected chi connectivity index (χ2v) is 9.19. The third kappa shape index (κ3) is 2.48. The maximum atomic E-state index is 12.4. The predicted molar refractivity (Wildman–Crippen MR) is 77.9 cm³/mol. The molecule has 0 radical (unpaired) electrons. The van der Waals surface area contributed by atoms with Gasteiger partial charge in [0.15, 0.2) is 0 Å². The van der Waals surface area contributed by atoms with Gasteiger partial charge < -0.3 is 5.32 Å². The molecule has 18 heavy (non-hydrogen) atoms. The van der Waals surface area contributed by atoms with Crippen molar-refractivity contribution in [3.05, 3.63) is 15.9 Å². The largest absolute Gasteiger partial charge is 0.316 e. The van der Waals surface area contributed by atoms with Crippen molar-refractivity contribution in [2.24, 2.45) is 11.8 Å². The van der Waals surface area contributed by atoms with Gasteiger partial charge in [0.05, 0.1) is 3.79 Å². The Bertz CT molecular complexity index is 522. The summed E-state index contributed by atoms with van der Waals surface area (Å²) in [6, 6.07) is 3.46. The normalized spacial score (nSPS) is 28.1. The average molecular weight is 374 g/mol. The molecule has 2 atom stereocenters. The lowest BCUT2D eigenvalue weighted by molar-refractivity contribution is 0.449. The van der Waals surface area contributed by atoms with E-state index in [2.05, 4.69) is 21.2 Å². The highest BCUT2D eigenvalue weighted by Gasteiger charge is 2.41. The molecule has 1 aromatic heterocycles. The Hall–Kier alpha value is 0.340. The van der Waals surface area contributed by atoms with Gasteiger partial charge in [0.2, 0.25) is 0 Å². The first kappa shape index (κ1) is 14.7. The second-order valence-electron chi connectivity index (χ2n) is 4.56. The first-order valence-electron chi connectivity index (χ1n) is 5.53. The van der Waals surface area contributed by atoms with Crippen molar-refractivity contribution in [3.8, 4) is 0 Å². The summed E-state index contributed by atoms with van der Waals surface area (Å²) in [7, 11) is -3.27. The summed E-state index contributed by atoms with van der Waals surface area (Å²) in [6.45, 7) is 3.22. The first-order valence-corrected chi connectivity index (χ1v) is 8.58. The molecule has 0 spiro atoms. The van der Waals surface area contributed by atoms with E-state index in [0.29, 0.717) is 29.1 Å². The van der Waals surface area contributed by atoms with Crippen LogP contribution in [0.5, 0.6) is 0 Å². The van der Waals surface area contributed by atoms with Crippen LogP contribution in [0.15, 0.2) is 20.1 Å². The molecule has 4 nitrogen and oxygen atoms in total. The molecule has 0 bridgehead atoms. The van der Waals surface area contributed by atoms with Gasteiger partial charge in [0.1, 0.15) is 4.21 Å². The molecular weight excluding hydrogens is 360 g/mol. The fourth-order valence-corrected chi connectivity index (χ4v) is 6.29. The molecular formula is C10H14BrClN2O2S2. The number of rotatable bonds is 2. The van der Waals surface area contributed by atoms with Gasteiger partial charge in [-0.15, -0.1) is 23.7 Å². The van der Waals surface area contributed by atoms with E-state index in [1.54, 1.807) is 16.4 Å². The molecule has 3 rings (SSSR count). The molecule has 2 fully saturated rings. The van der Waals surface area contributed by atoms with E-state index < -0.39 is 10.0 Å². The van der Waals surface area contributed by atoms with Crippen molar-refractivity contribution in [3.63, 3.8) is 0 Å². The van der Waals surface area contributed by atoms with Crippen molar-refractivity contribution in [2.75, 3.05) is 26.2 Å². The minimum absolute atomic E-state index is 0. The number of halogens is 2. The van der Waals surface area contributed by atoms with Gasteiger partial charge in [-0.3, -0.25) is 0 Å². The van der Waals surface area contributed by atoms with Crippen LogP contribution in [0.3, 0.4) is 0 Å². The van der Waals surface area contributed by atoms with E-state index in [1.165, 1.54) is 11.3 Å². The van der Waals surface area contributed by atoms with Crippen molar-refractivity contribution in [2.45, 2.75) is 4.21 Å². The minimum atomic E-state index is -3.27. The van der Waals surface area contributed by atoms with Crippen LogP contribution in [0.1, 0.15) is 0 Å². The van der Waals surface area contributed by atoms with E-state index in [9.17, 15) is 8.42 Å². The Balaban J connectivity index is 0.00000120. The van der Waals surface area contributed by atoms with Crippen LogP contribution < -0.4 is 5.32 Å². The van der Waals surface area contributed by atoms with Crippen LogP contribution in [-0.4, -0.2) is 38.9 Å². The molecule has 2 saturated heterocycles. The van der Waals surface area contributed by atoms with Crippen molar-refractivity contribution in [1.82, 2.24) is 9.62 Å².